The number of nitrogens with zero attached hydrogens (tertiary/aromatic N) is 2. The van der Waals surface area contributed by atoms with Gasteiger partial charge in [0.2, 0.25) is 0 Å². The van der Waals surface area contributed by atoms with Crippen LogP contribution < -0.4 is 10.3 Å². The van der Waals surface area contributed by atoms with E-state index in [9.17, 15) is 9.18 Å². The summed E-state index contributed by atoms with van der Waals surface area (Å²) in [5.74, 6) is 1.15. The highest BCUT2D eigenvalue weighted by Gasteiger charge is 2.18. The summed E-state index contributed by atoms with van der Waals surface area (Å²) in [7, 11) is 1.64. The largest absolute Gasteiger partial charge is 0.497 e. The molecule has 0 radical (unpaired) electrons. The summed E-state index contributed by atoms with van der Waals surface area (Å²) in [6, 6.07) is 23.6. The van der Waals surface area contributed by atoms with Crippen LogP contribution in [0.3, 0.4) is 0 Å². The first-order valence-corrected chi connectivity index (χ1v) is 12.1. The predicted molar refractivity (Wildman–Crippen MR) is 133 cm³/mol. The molecule has 0 aliphatic rings. The van der Waals surface area contributed by atoms with Crippen molar-refractivity contribution in [1.29, 1.82) is 0 Å². The molecule has 0 saturated heterocycles. The zero-order valence-electron chi connectivity index (χ0n) is 17.7. The Labute approximate surface area is 198 Å². The Balaban J connectivity index is 1.62. The van der Waals surface area contributed by atoms with Crippen LogP contribution in [0.4, 0.5) is 4.39 Å². The Morgan fingerprint density at radius 3 is 2.42 bits per heavy atom. The quantitative estimate of drug-likeness (QED) is 0.207. The summed E-state index contributed by atoms with van der Waals surface area (Å²) in [5, 5.41) is 3.09. The van der Waals surface area contributed by atoms with Gasteiger partial charge in [-0.3, -0.25) is 9.36 Å². The van der Waals surface area contributed by atoms with E-state index in [1.165, 1.54) is 35.2 Å². The molecule has 0 aliphatic heterocycles. The van der Waals surface area contributed by atoms with Crippen molar-refractivity contribution in [3.05, 3.63) is 106 Å². The molecule has 0 bridgehead atoms. The normalized spacial score (nSPS) is 11.1. The zero-order valence-corrected chi connectivity index (χ0v) is 19.3. The molecule has 2 aromatic heterocycles. The maximum absolute atomic E-state index is 13.8. The van der Waals surface area contributed by atoms with Gasteiger partial charge in [-0.05, 0) is 47.5 Å². The van der Waals surface area contributed by atoms with Gasteiger partial charge in [0.15, 0.2) is 5.16 Å². The number of rotatable bonds is 6. The van der Waals surface area contributed by atoms with Gasteiger partial charge in [-0.25, -0.2) is 9.37 Å². The molecular formula is C26H19FN2O2S2. The molecule has 0 amide bonds. The first-order valence-electron chi connectivity index (χ1n) is 10.3. The third kappa shape index (κ3) is 4.29. The Hall–Kier alpha value is -3.42. The predicted octanol–water partition coefficient (Wildman–Crippen LogP) is 6.55. The molecule has 5 aromatic rings. The van der Waals surface area contributed by atoms with Crippen molar-refractivity contribution < 1.29 is 9.13 Å². The summed E-state index contributed by atoms with van der Waals surface area (Å²) in [6.45, 7) is 0. The van der Waals surface area contributed by atoms with E-state index in [1.54, 1.807) is 23.8 Å². The molecule has 5 rings (SSSR count). The van der Waals surface area contributed by atoms with Crippen LogP contribution in [0.25, 0.3) is 27.0 Å². The molecule has 2 heterocycles. The lowest BCUT2D eigenvalue weighted by molar-refractivity contribution is 0.414. The van der Waals surface area contributed by atoms with Crippen LogP contribution in [-0.2, 0) is 5.75 Å². The number of methoxy groups -OCH3 is 1. The van der Waals surface area contributed by atoms with Gasteiger partial charge in [-0.2, -0.15) is 0 Å². The number of halogens is 1. The van der Waals surface area contributed by atoms with Crippen LogP contribution in [0, 0.1) is 5.82 Å². The Morgan fingerprint density at radius 2 is 1.73 bits per heavy atom. The van der Waals surface area contributed by atoms with E-state index in [4.69, 9.17) is 9.72 Å². The van der Waals surface area contributed by atoms with Crippen molar-refractivity contribution in [1.82, 2.24) is 9.55 Å². The number of fused-ring (bicyclic) bond motifs is 1. The van der Waals surface area contributed by atoms with E-state index in [-0.39, 0.29) is 11.4 Å². The SMILES string of the molecule is COc1ccc(CSc2nc3scc(-c4ccc(F)cc4)c3c(=O)n2-c2ccccc2)cc1. The van der Waals surface area contributed by atoms with E-state index < -0.39 is 0 Å². The maximum atomic E-state index is 13.8. The topological polar surface area (TPSA) is 44.1 Å². The highest BCUT2D eigenvalue weighted by molar-refractivity contribution is 7.98. The Bertz CT molecular complexity index is 1460. The molecule has 0 spiro atoms. The number of aromatic nitrogens is 2. The summed E-state index contributed by atoms with van der Waals surface area (Å²) in [5.41, 5.74) is 3.28. The van der Waals surface area contributed by atoms with Gasteiger partial charge >= 0.3 is 0 Å². The zero-order chi connectivity index (χ0) is 22.8. The van der Waals surface area contributed by atoms with Crippen molar-refractivity contribution in [3.8, 4) is 22.6 Å². The molecule has 164 valence electrons. The summed E-state index contributed by atoms with van der Waals surface area (Å²) in [6.07, 6.45) is 0. The van der Waals surface area contributed by atoms with Crippen molar-refractivity contribution in [2.75, 3.05) is 7.11 Å². The van der Waals surface area contributed by atoms with Crippen molar-refractivity contribution in [2.45, 2.75) is 10.9 Å². The van der Waals surface area contributed by atoms with Crippen LogP contribution in [0.1, 0.15) is 5.56 Å². The van der Waals surface area contributed by atoms with Gasteiger partial charge in [0, 0.05) is 16.7 Å². The fraction of sp³-hybridized carbons (Fsp3) is 0.0769. The van der Waals surface area contributed by atoms with E-state index in [0.717, 1.165) is 28.1 Å². The number of para-hydroxylation sites is 1. The summed E-state index contributed by atoms with van der Waals surface area (Å²) < 4.78 is 20.3. The summed E-state index contributed by atoms with van der Waals surface area (Å²) in [4.78, 5) is 19.3. The van der Waals surface area contributed by atoms with Crippen molar-refractivity contribution in [2.24, 2.45) is 0 Å². The average Bonchev–Trinajstić information content (AvgIpc) is 3.28. The van der Waals surface area contributed by atoms with Gasteiger partial charge in [-0.15, -0.1) is 11.3 Å². The molecule has 0 unspecified atom stereocenters. The maximum Gasteiger partial charge on any atom is 0.268 e. The first kappa shape index (κ1) is 21.4. The third-order valence-electron chi connectivity index (χ3n) is 5.27. The van der Waals surface area contributed by atoms with Gasteiger partial charge in [0.05, 0.1) is 18.2 Å². The number of benzene rings is 3. The summed E-state index contributed by atoms with van der Waals surface area (Å²) >= 11 is 2.94. The van der Waals surface area contributed by atoms with Crippen LogP contribution in [0.2, 0.25) is 0 Å². The van der Waals surface area contributed by atoms with Gasteiger partial charge < -0.3 is 4.74 Å². The van der Waals surface area contributed by atoms with E-state index in [0.29, 0.717) is 21.1 Å². The lowest BCUT2D eigenvalue weighted by Gasteiger charge is -2.13. The average molecular weight is 475 g/mol. The molecule has 4 nitrogen and oxygen atoms in total. The number of ether oxygens (including phenoxy) is 1. The highest BCUT2D eigenvalue weighted by Crippen LogP contribution is 2.33. The highest BCUT2D eigenvalue weighted by atomic mass is 32.2. The van der Waals surface area contributed by atoms with Crippen molar-refractivity contribution >= 4 is 33.3 Å². The van der Waals surface area contributed by atoms with Gasteiger partial charge in [-0.1, -0.05) is 54.2 Å². The number of hydrogen-bond donors (Lipinski definition) is 0. The Morgan fingerprint density at radius 1 is 1.00 bits per heavy atom. The third-order valence-corrected chi connectivity index (χ3v) is 7.16. The van der Waals surface area contributed by atoms with Crippen LogP contribution in [-0.4, -0.2) is 16.7 Å². The minimum atomic E-state index is -0.310. The first-order chi connectivity index (χ1) is 16.1. The second-order valence-corrected chi connectivity index (χ2v) is 9.14. The van der Waals surface area contributed by atoms with E-state index in [2.05, 4.69) is 0 Å². The number of thioether (sulfide) groups is 1. The van der Waals surface area contributed by atoms with Crippen molar-refractivity contribution in [3.63, 3.8) is 0 Å². The lowest BCUT2D eigenvalue weighted by atomic mass is 10.1. The second-order valence-electron chi connectivity index (χ2n) is 7.34. The second kappa shape index (κ2) is 9.21. The standard InChI is InChI=1S/C26H19FN2O2S2/c1-31-21-13-7-17(8-14-21)15-33-26-28-24-23(25(30)29(26)20-5-3-2-4-6-20)22(16-32-24)18-9-11-19(27)12-10-18/h2-14,16H,15H2,1H3. The Kier molecular flexibility index (Phi) is 5.98. The molecule has 7 heteroatoms. The molecule has 33 heavy (non-hydrogen) atoms. The number of thiophene rings is 1. The van der Waals surface area contributed by atoms with E-state index >= 15 is 0 Å². The molecule has 0 aliphatic carbocycles. The van der Waals surface area contributed by atoms with Crippen LogP contribution in [0.5, 0.6) is 5.75 Å². The van der Waals surface area contributed by atoms with Crippen LogP contribution in [0.15, 0.2) is 94.2 Å². The molecule has 0 fully saturated rings. The minimum Gasteiger partial charge on any atom is -0.497 e. The fourth-order valence-corrected chi connectivity index (χ4v) is 5.54. The smallest absolute Gasteiger partial charge is 0.268 e. The minimum absolute atomic E-state index is 0.135. The van der Waals surface area contributed by atoms with Crippen LogP contribution >= 0.6 is 23.1 Å². The van der Waals surface area contributed by atoms with Gasteiger partial charge in [0.1, 0.15) is 16.4 Å². The molecule has 3 aromatic carbocycles. The lowest BCUT2D eigenvalue weighted by Crippen LogP contribution is -2.21. The van der Waals surface area contributed by atoms with E-state index in [1.807, 2.05) is 60.0 Å². The monoisotopic (exact) mass is 474 g/mol. The molecule has 0 N–H and O–H groups in total. The number of hydrogen-bond acceptors (Lipinski definition) is 5. The molecule has 0 atom stereocenters. The molecular weight excluding hydrogens is 455 g/mol. The molecule has 0 saturated carbocycles. The fourth-order valence-electron chi connectivity index (χ4n) is 3.59. The van der Waals surface area contributed by atoms with Gasteiger partial charge in [0.25, 0.3) is 5.56 Å².